The number of nitrogens with two attached hydrogens (primary N) is 1. The van der Waals surface area contributed by atoms with Gasteiger partial charge >= 0.3 is 0 Å². The largest absolute Gasteiger partial charge is 0.388 e. The lowest BCUT2D eigenvalue weighted by Crippen LogP contribution is -2.26. The van der Waals surface area contributed by atoms with Gasteiger partial charge in [-0.2, -0.15) is 10.2 Å². The van der Waals surface area contributed by atoms with Crippen molar-refractivity contribution in [2.24, 2.45) is 16.0 Å². The highest BCUT2D eigenvalue weighted by atomic mass is 15.1. The van der Waals surface area contributed by atoms with Crippen LogP contribution in [0.3, 0.4) is 0 Å². The molecule has 0 atom stereocenters. The zero-order chi connectivity index (χ0) is 13.7. The van der Waals surface area contributed by atoms with Crippen molar-refractivity contribution >= 4 is 17.2 Å². The van der Waals surface area contributed by atoms with Crippen LogP contribution >= 0.6 is 0 Å². The molecule has 19 heavy (non-hydrogen) atoms. The molecule has 1 aliphatic carbocycles. The van der Waals surface area contributed by atoms with E-state index >= 15 is 0 Å². The number of anilines is 1. The maximum absolute atomic E-state index is 7.41. The Labute approximate surface area is 113 Å². The van der Waals surface area contributed by atoms with Gasteiger partial charge in [0.15, 0.2) is 5.92 Å². The highest BCUT2D eigenvalue weighted by Crippen LogP contribution is 2.28. The third kappa shape index (κ3) is 3.71. The molecule has 5 heteroatoms. The van der Waals surface area contributed by atoms with Gasteiger partial charge in [0.25, 0.3) is 5.84 Å². The van der Waals surface area contributed by atoms with Crippen LogP contribution in [0.25, 0.3) is 0 Å². The molecule has 0 heterocycles. The third-order valence-electron chi connectivity index (χ3n) is 3.43. The second kappa shape index (κ2) is 6.22. The van der Waals surface area contributed by atoms with E-state index in [-0.39, 0.29) is 11.9 Å². The molecule has 1 saturated carbocycles. The van der Waals surface area contributed by atoms with E-state index in [1.165, 1.54) is 0 Å². The first-order valence-electron chi connectivity index (χ1n) is 6.57. The predicted octanol–water partition coefficient (Wildman–Crippen LogP) is 3.27. The van der Waals surface area contributed by atoms with Crippen LogP contribution in [-0.2, 0) is 0 Å². The van der Waals surface area contributed by atoms with Crippen LogP contribution in [0.15, 0.2) is 34.5 Å². The van der Waals surface area contributed by atoms with Crippen LogP contribution < -0.4 is 11.1 Å². The molecule has 0 unspecified atom stereocenters. The molecule has 1 aromatic rings. The van der Waals surface area contributed by atoms with Gasteiger partial charge in [-0.1, -0.05) is 0 Å². The lowest BCUT2D eigenvalue weighted by atomic mass is 9.86. The topological polar surface area (TPSA) is 86.6 Å². The molecular weight excluding hydrogens is 238 g/mol. The van der Waals surface area contributed by atoms with Gasteiger partial charge in [0.05, 0.1) is 11.7 Å². The Kier molecular flexibility index (Phi) is 4.39. The van der Waals surface area contributed by atoms with Crippen LogP contribution in [0.4, 0.5) is 11.4 Å². The van der Waals surface area contributed by atoms with E-state index in [2.05, 4.69) is 15.5 Å². The molecule has 0 bridgehead atoms. The number of azo groups is 1. The van der Waals surface area contributed by atoms with Gasteiger partial charge in [-0.3, -0.25) is 0 Å². The molecule has 0 aliphatic heterocycles. The summed E-state index contributed by atoms with van der Waals surface area (Å²) in [6.45, 7) is 0. The third-order valence-corrected chi connectivity index (χ3v) is 3.43. The van der Waals surface area contributed by atoms with Gasteiger partial charge in [0.2, 0.25) is 0 Å². The summed E-state index contributed by atoms with van der Waals surface area (Å²) in [6.07, 6.45) is 3.62. The van der Waals surface area contributed by atoms with E-state index in [9.17, 15) is 0 Å². The van der Waals surface area contributed by atoms with Crippen molar-refractivity contribution in [3.63, 3.8) is 0 Å². The van der Waals surface area contributed by atoms with E-state index in [1.54, 1.807) is 0 Å². The fourth-order valence-electron chi connectivity index (χ4n) is 2.18. The van der Waals surface area contributed by atoms with Crippen molar-refractivity contribution in [2.45, 2.75) is 31.7 Å². The average molecular weight is 258 g/mol. The minimum atomic E-state index is 0.234. The normalized spacial score (nSPS) is 16.8. The first kappa shape index (κ1) is 13.4. The minimum absolute atomic E-state index is 0.234. The molecule has 0 saturated heterocycles. The smallest absolute Gasteiger partial charge is 0.284 e. The maximum atomic E-state index is 7.41. The molecule has 5 nitrogen and oxygen atoms in total. The molecule has 0 amide bonds. The van der Waals surface area contributed by atoms with Crippen molar-refractivity contribution in [1.82, 2.24) is 0 Å². The summed E-state index contributed by atoms with van der Waals surface area (Å²) in [5.41, 5.74) is 7.43. The predicted molar refractivity (Wildman–Crippen MR) is 77.9 cm³/mol. The quantitative estimate of drug-likeness (QED) is 0.335. The van der Waals surface area contributed by atoms with Gasteiger partial charge in [0, 0.05) is 25.6 Å². The van der Waals surface area contributed by atoms with Crippen LogP contribution in [-0.4, -0.2) is 18.9 Å². The van der Waals surface area contributed by atoms with E-state index in [1.807, 2.05) is 31.3 Å². The van der Waals surface area contributed by atoms with Gasteiger partial charge in [-0.15, -0.1) is 0 Å². The number of hydrogen-bond acceptors (Lipinski definition) is 4. The number of nitrogens with zero attached hydrogens (tertiary/aromatic N) is 2. The lowest BCUT2D eigenvalue weighted by Gasteiger charge is -2.16. The highest BCUT2D eigenvalue weighted by molar-refractivity contribution is 5.90. The SMILES string of the molecule is CNc1ccc(N=NC2CC[C+](C(=N)N)CC2)cc1. The summed E-state index contributed by atoms with van der Waals surface area (Å²) in [5.74, 6) is 1.29. The zero-order valence-corrected chi connectivity index (χ0v) is 11.2. The van der Waals surface area contributed by atoms with E-state index < -0.39 is 0 Å². The van der Waals surface area contributed by atoms with E-state index in [0.717, 1.165) is 43.0 Å². The first-order valence-corrected chi connectivity index (χ1v) is 6.57. The Morgan fingerprint density at radius 1 is 1.32 bits per heavy atom. The molecule has 0 radical (unpaired) electrons. The van der Waals surface area contributed by atoms with Crippen molar-refractivity contribution in [3.8, 4) is 0 Å². The standard InChI is InChI=1S/C14H20N5/c1-17-11-6-8-13(9-7-11)19-18-12-4-2-10(3-5-12)14(15)16/h6-9,12,17H,2-5H2,1H3,(H3,15,16)/q+1. The fraction of sp³-hybridized carbons (Fsp3) is 0.429. The Bertz CT molecular complexity index is 443. The Balaban J connectivity index is 1.87. The first-order chi connectivity index (χ1) is 9.19. The van der Waals surface area contributed by atoms with Crippen LogP contribution in [0.2, 0.25) is 0 Å². The summed E-state index contributed by atoms with van der Waals surface area (Å²) in [6, 6.07) is 8.12. The summed E-state index contributed by atoms with van der Waals surface area (Å²) < 4.78 is 0. The summed E-state index contributed by atoms with van der Waals surface area (Å²) in [7, 11) is 1.89. The molecular formula is C14H20N5+. The summed E-state index contributed by atoms with van der Waals surface area (Å²) in [5, 5.41) is 19.1. The molecule has 100 valence electrons. The molecule has 4 N–H and O–H groups in total. The number of nitrogens with one attached hydrogen (secondary N) is 2. The zero-order valence-electron chi connectivity index (χ0n) is 11.2. The minimum Gasteiger partial charge on any atom is -0.388 e. The Morgan fingerprint density at radius 3 is 2.47 bits per heavy atom. The fourth-order valence-corrected chi connectivity index (χ4v) is 2.18. The summed E-state index contributed by atoms with van der Waals surface area (Å²) >= 11 is 0. The van der Waals surface area contributed by atoms with Crippen LogP contribution in [0.5, 0.6) is 0 Å². The number of benzene rings is 1. The van der Waals surface area contributed by atoms with Crippen molar-refractivity contribution in [1.29, 1.82) is 5.41 Å². The van der Waals surface area contributed by atoms with Crippen molar-refractivity contribution < 1.29 is 0 Å². The second-order valence-electron chi connectivity index (χ2n) is 4.76. The van der Waals surface area contributed by atoms with Crippen LogP contribution in [0.1, 0.15) is 25.7 Å². The molecule has 2 rings (SSSR count). The molecule has 0 aromatic heterocycles. The maximum Gasteiger partial charge on any atom is 0.284 e. The average Bonchev–Trinajstić information content (AvgIpc) is 2.46. The van der Waals surface area contributed by atoms with Crippen molar-refractivity contribution in [2.75, 3.05) is 12.4 Å². The monoisotopic (exact) mass is 258 g/mol. The molecule has 0 spiro atoms. The summed E-state index contributed by atoms with van der Waals surface area (Å²) in [4.78, 5) is 0. The number of amidine groups is 1. The second-order valence-corrected chi connectivity index (χ2v) is 4.76. The van der Waals surface area contributed by atoms with Gasteiger partial charge < -0.3 is 11.1 Å². The molecule has 1 fully saturated rings. The van der Waals surface area contributed by atoms with E-state index in [4.69, 9.17) is 11.1 Å². The Hall–Kier alpha value is -2.04. The number of rotatable bonds is 4. The van der Waals surface area contributed by atoms with Crippen LogP contribution in [0, 0.1) is 11.3 Å². The van der Waals surface area contributed by atoms with Gasteiger partial charge in [0.1, 0.15) is 12.8 Å². The molecule has 1 aromatic carbocycles. The Morgan fingerprint density at radius 2 is 1.95 bits per heavy atom. The van der Waals surface area contributed by atoms with Gasteiger partial charge in [-0.05, 0) is 24.3 Å². The molecule has 1 aliphatic rings. The van der Waals surface area contributed by atoms with E-state index in [0.29, 0.717) is 0 Å². The number of hydrogen-bond donors (Lipinski definition) is 3. The lowest BCUT2D eigenvalue weighted by molar-refractivity contribution is 0.476. The van der Waals surface area contributed by atoms with Crippen molar-refractivity contribution in [3.05, 3.63) is 30.2 Å². The van der Waals surface area contributed by atoms with Gasteiger partial charge in [-0.25, -0.2) is 5.41 Å². The highest BCUT2D eigenvalue weighted by Gasteiger charge is 2.32.